The summed E-state index contributed by atoms with van der Waals surface area (Å²) in [6, 6.07) is 14.5. The van der Waals surface area contributed by atoms with Gasteiger partial charge in [-0.2, -0.15) is 0 Å². The fourth-order valence-electron chi connectivity index (χ4n) is 3.43. The Labute approximate surface area is 161 Å². The zero-order valence-electron chi connectivity index (χ0n) is 15.5. The van der Waals surface area contributed by atoms with Gasteiger partial charge in [0.2, 0.25) is 0 Å². The minimum atomic E-state index is 0.493. The average molecular weight is 374 g/mol. The van der Waals surface area contributed by atoms with E-state index in [1.807, 2.05) is 30.3 Å². The molecule has 0 saturated heterocycles. The van der Waals surface area contributed by atoms with Crippen molar-refractivity contribution < 1.29 is 9.47 Å². The summed E-state index contributed by atoms with van der Waals surface area (Å²) in [5.74, 6) is 1.54. The molecule has 1 aliphatic carbocycles. The van der Waals surface area contributed by atoms with Crippen LogP contribution in [-0.4, -0.2) is 13.2 Å². The van der Waals surface area contributed by atoms with Crippen LogP contribution in [0.1, 0.15) is 49.7 Å². The monoisotopic (exact) mass is 373 g/mol. The van der Waals surface area contributed by atoms with E-state index >= 15 is 0 Å². The molecular weight excluding hydrogens is 346 g/mol. The van der Waals surface area contributed by atoms with Crippen LogP contribution < -0.4 is 14.8 Å². The summed E-state index contributed by atoms with van der Waals surface area (Å²) in [5, 5.41) is 4.44. The van der Waals surface area contributed by atoms with Crippen LogP contribution in [0.15, 0.2) is 42.5 Å². The van der Waals surface area contributed by atoms with Crippen molar-refractivity contribution in [1.82, 2.24) is 5.32 Å². The van der Waals surface area contributed by atoms with Gasteiger partial charge in [0.15, 0.2) is 11.5 Å². The van der Waals surface area contributed by atoms with Gasteiger partial charge in [0.05, 0.1) is 7.11 Å². The highest BCUT2D eigenvalue weighted by Crippen LogP contribution is 2.29. The Kier molecular flexibility index (Phi) is 7.22. The first-order valence-electron chi connectivity index (χ1n) is 9.52. The fourth-order valence-corrected chi connectivity index (χ4v) is 3.55. The van der Waals surface area contributed by atoms with Crippen LogP contribution in [0.25, 0.3) is 0 Å². The Bertz CT molecular complexity index is 679. The lowest BCUT2D eigenvalue weighted by Gasteiger charge is -2.17. The van der Waals surface area contributed by atoms with Crippen LogP contribution in [0, 0.1) is 0 Å². The highest BCUT2D eigenvalue weighted by atomic mass is 35.5. The predicted octanol–water partition coefficient (Wildman–Crippen LogP) is 5.74. The van der Waals surface area contributed by atoms with Crippen molar-refractivity contribution in [2.75, 3.05) is 7.11 Å². The number of hydrogen-bond donors (Lipinski definition) is 1. The van der Waals surface area contributed by atoms with Crippen molar-refractivity contribution in [1.29, 1.82) is 0 Å². The molecule has 1 aliphatic rings. The van der Waals surface area contributed by atoms with Crippen molar-refractivity contribution in [2.24, 2.45) is 0 Å². The van der Waals surface area contributed by atoms with E-state index in [1.54, 1.807) is 7.11 Å². The minimum Gasteiger partial charge on any atom is -0.493 e. The Balaban J connectivity index is 1.57. The van der Waals surface area contributed by atoms with Crippen molar-refractivity contribution in [3.05, 3.63) is 58.6 Å². The van der Waals surface area contributed by atoms with E-state index in [9.17, 15) is 0 Å². The third-order valence-electron chi connectivity index (χ3n) is 4.99. The van der Waals surface area contributed by atoms with E-state index in [2.05, 4.69) is 17.4 Å². The number of nitrogens with one attached hydrogen (secondary N) is 1. The number of benzene rings is 2. The topological polar surface area (TPSA) is 30.5 Å². The van der Waals surface area contributed by atoms with Gasteiger partial charge in [-0.1, -0.05) is 55.5 Å². The standard InChI is InChI=1S/C22H28ClNO2/c1-25-22-14-18(15-24-20-6-4-2-3-5-7-20)10-13-21(22)26-16-17-8-11-19(23)12-9-17/h8-14,20,24H,2-7,15-16H2,1H3. The van der Waals surface area contributed by atoms with Gasteiger partial charge < -0.3 is 14.8 Å². The summed E-state index contributed by atoms with van der Waals surface area (Å²) in [4.78, 5) is 0. The lowest BCUT2D eigenvalue weighted by Crippen LogP contribution is -2.27. The summed E-state index contributed by atoms with van der Waals surface area (Å²) < 4.78 is 11.5. The summed E-state index contributed by atoms with van der Waals surface area (Å²) in [6.07, 6.45) is 8.03. The zero-order chi connectivity index (χ0) is 18.2. The fraction of sp³-hybridized carbons (Fsp3) is 0.455. The van der Waals surface area contributed by atoms with Crippen LogP contribution in [0.3, 0.4) is 0 Å². The number of rotatable bonds is 7. The van der Waals surface area contributed by atoms with Gasteiger partial charge in [0, 0.05) is 17.6 Å². The molecule has 0 radical (unpaired) electrons. The van der Waals surface area contributed by atoms with Crippen LogP contribution in [0.4, 0.5) is 0 Å². The second-order valence-electron chi connectivity index (χ2n) is 6.97. The number of hydrogen-bond acceptors (Lipinski definition) is 3. The molecule has 0 spiro atoms. The highest BCUT2D eigenvalue weighted by molar-refractivity contribution is 6.30. The second-order valence-corrected chi connectivity index (χ2v) is 7.41. The molecule has 1 N–H and O–H groups in total. The Morgan fingerprint density at radius 2 is 1.62 bits per heavy atom. The maximum atomic E-state index is 5.93. The predicted molar refractivity (Wildman–Crippen MR) is 107 cm³/mol. The Morgan fingerprint density at radius 1 is 0.923 bits per heavy atom. The summed E-state index contributed by atoms with van der Waals surface area (Å²) in [5.41, 5.74) is 2.31. The first-order valence-corrected chi connectivity index (χ1v) is 9.90. The third kappa shape index (κ3) is 5.65. The van der Waals surface area contributed by atoms with E-state index in [0.717, 1.165) is 28.6 Å². The smallest absolute Gasteiger partial charge is 0.161 e. The lowest BCUT2D eigenvalue weighted by molar-refractivity contribution is 0.284. The van der Waals surface area contributed by atoms with Crippen LogP contribution in [-0.2, 0) is 13.2 Å². The molecule has 0 heterocycles. The summed E-state index contributed by atoms with van der Waals surface area (Å²) in [7, 11) is 1.69. The van der Waals surface area contributed by atoms with Crippen molar-refractivity contribution in [3.8, 4) is 11.5 Å². The molecule has 3 nitrogen and oxygen atoms in total. The molecule has 3 rings (SSSR count). The first kappa shape index (κ1) is 19.1. The molecule has 26 heavy (non-hydrogen) atoms. The highest BCUT2D eigenvalue weighted by Gasteiger charge is 2.12. The van der Waals surface area contributed by atoms with E-state index < -0.39 is 0 Å². The molecule has 0 atom stereocenters. The quantitative estimate of drug-likeness (QED) is 0.627. The van der Waals surface area contributed by atoms with Gasteiger partial charge in [-0.05, 0) is 48.2 Å². The van der Waals surface area contributed by atoms with E-state index in [-0.39, 0.29) is 0 Å². The van der Waals surface area contributed by atoms with Gasteiger partial charge in [0.1, 0.15) is 6.61 Å². The van der Waals surface area contributed by atoms with Crippen molar-refractivity contribution >= 4 is 11.6 Å². The number of halogens is 1. The van der Waals surface area contributed by atoms with Gasteiger partial charge in [-0.15, -0.1) is 0 Å². The van der Waals surface area contributed by atoms with E-state index in [1.165, 1.54) is 44.1 Å². The molecule has 4 heteroatoms. The summed E-state index contributed by atoms with van der Waals surface area (Å²) >= 11 is 5.92. The molecule has 0 bridgehead atoms. The molecule has 140 valence electrons. The molecule has 1 saturated carbocycles. The molecule has 0 amide bonds. The first-order chi connectivity index (χ1) is 12.7. The second kappa shape index (κ2) is 9.84. The zero-order valence-corrected chi connectivity index (χ0v) is 16.2. The van der Waals surface area contributed by atoms with Crippen LogP contribution >= 0.6 is 11.6 Å². The Hall–Kier alpha value is -1.71. The van der Waals surface area contributed by atoms with Gasteiger partial charge >= 0.3 is 0 Å². The van der Waals surface area contributed by atoms with Crippen LogP contribution in [0.2, 0.25) is 5.02 Å². The van der Waals surface area contributed by atoms with Crippen molar-refractivity contribution in [2.45, 2.75) is 57.7 Å². The largest absolute Gasteiger partial charge is 0.493 e. The van der Waals surface area contributed by atoms with Crippen molar-refractivity contribution in [3.63, 3.8) is 0 Å². The summed E-state index contributed by atoms with van der Waals surface area (Å²) in [6.45, 7) is 1.37. The molecule has 2 aromatic rings. The van der Waals surface area contributed by atoms with E-state index in [0.29, 0.717) is 12.6 Å². The SMILES string of the molecule is COc1cc(CNC2CCCCCC2)ccc1OCc1ccc(Cl)cc1. The molecule has 0 aromatic heterocycles. The average Bonchev–Trinajstić information content (AvgIpc) is 2.95. The van der Waals surface area contributed by atoms with Crippen LogP contribution in [0.5, 0.6) is 11.5 Å². The lowest BCUT2D eigenvalue weighted by atomic mass is 10.1. The molecule has 0 aliphatic heterocycles. The maximum Gasteiger partial charge on any atom is 0.161 e. The molecule has 2 aromatic carbocycles. The number of methoxy groups -OCH3 is 1. The van der Waals surface area contributed by atoms with E-state index in [4.69, 9.17) is 21.1 Å². The normalized spacial score (nSPS) is 15.5. The minimum absolute atomic E-state index is 0.493. The maximum absolute atomic E-state index is 5.93. The number of ether oxygens (including phenoxy) is 2. The van der Waals surface area contributed by atoms with Gasteiger partial charge in [-0.3, -0.25) is 0 Å². The molecule has 1 fully saturated rings. The molecule has 0 unspecified atom stereocenters. The molecular formula is C22H28ClNO2. The third-order valence-corrected chi connectivity index (χ3v) is 5.24. The van der Waals surface area contributed by atoms with Gasteiger partial charge in [0.25, 0.3) is 0 Å². The van der Waals surface area contributed by atoms with Gasteiger partial charge in [-0.25, -0.2) is 0 Å². The Morgan fingerprint density at radius 3 is 2.31 bits per heavy atom.